The fourth-order valence-electron chi connectivity index (χ4n) is 1.85. The summed E-state index contributed by atoms with van der Waals surface area (Å²) >= 11 is 0. The van der Waals surface area contributed by atoms with E-state index in [4.69, 9.17) is 4.52 Å². The van der Waals surface area contributed by atoms with Crippen LogP contribution in [-0.4, -0.2) is 11.2 Å². The van der Waals surface area contributed by atoms with Gasteiger partial charge in [-0.05, 0) is 23.1 Å². The van der Waals surface area contributed by atoms with Crippen LogP contribution < -0.4 is 9.79 Å². The van der Waals surface area contributed by atoms with E-state index in [2.05, 4.69) is 10.3 Å². The van der Waals surface area contributed by atoms with Crippen LogP contribution in [0.15, 0.2) is 70.3 Å². The van der Waals surface area contributed by atoms with E-state index in [-0.39, 0.29) is 11.8 Å². The molecule has 0 aliphatic carbocycles. The molecule has 0 saturated heterocycles. The summed E-state index contributed by atoms with van der Waals surface area (Å²) in [5.41, 5.74) is 2.51. The van der Waals surface area contributed by atoms with E-state index in [9.17, 15) is 5.11 Å². The predicted molar refractivity (Wildman–Crippen MR) is 75.4 cm³/mol. The van der Waals surface area contributed by atoms with E-state index in [0.29, 0.717) is 5.56 Å². The lowest BCUT2D eigenvalue weighted by molar-refractivity contribution is -0.670. The van der Waals surface area contributed by atoms with Crippen molar-refractivity contribution in [1.82, 2.24) is 5.27 Å². The lowest BCUT2D eigenvalue weighted by Crippen LogP contribution is -2.31. The molecule has 0 fully saturated rings. The number of aryl methyl sites for hydroxylation is 1. The summed E-state index contributed by atoms with van der Waals surface area (Å²) in [6.45, 7) is 2.01. The van der Waals surface area contributed by atoms with Crippen molar-refractivity contribution in [3.8, 4) is 5.69 Å². The van der Waals surface area contributed by atoms with E-state index in [1.54, 1.807) is 30.5 Å². The summed E-state index contributed by atoms with van der Waals surface area (Å²) in [7, 11) is 0. The summed E-state index contributed by atoms with van der Waals surface area (Å²) in [6.07, 6.45) is 1.57. The first-order valence-corrected chi connectivity index (χ1v) is 6.49. The minimum Gasteiger partial charge on any atom is -0.858 e. The molecule has 0 bridgehead atoms. The summed E-state index contributed by atoms with van der Waals surface area (Å²) in [5, 5.41) is 15.8. The quantitative estimate of drug-likeness (QED) is 0.416. The number of nitrogens with zero attached hydrogens (tertiary/aromatic N) is 3. The Labute approximate surface area is 121 Å². The van der Waals surface area contributed by atoms with Gasteiger partial charge in [0, 0.05) is 12.1 Å². The Bertz CT molecular complexity index is 762. The molecule has 0 N–H and O–H groups in total. The highest BCUT2D eigenvalue weighted by molar-refractivity contribution is 5.91. The second kappa shape index (κ2) is 5.58. The van der Waals surface area contributed by atoms with Gasteiger partial charge in [0.2, 0.25) is 11.0 Å². The molecular weight excluding hydrogens is 266 g/mol. The Balaban J connectivity index is 1.87. The number of aliphatic imine (C=N–C) groups is 1. The third-order valence-electron chi connectivity index (χ3n) is 2.99. The van der Waals surface area contributed by atoms with Crippen LogP contribution >= 0.6 is 0 Å². The van der Waals surface area contributed by atoms with Crippen molar-refractivity contribution in [2.75, 3.05) is 0 Å². The van der Waals surface area contributed by atoms with Gasteiger partial charge in [-0.15, -0.1) is 0 Å². The maximum Gasteiger partial charge on any atom is 0.321 e. The second-order valence-electron chi connectivity index (χ2n) is 4.60. The first-order valence-electron chi connectivity index (χ1n) is 6.49. The normalized spacial score (nSPS) is 11.6. The molecule has 5 heteroatoms. The molecular formula is C16H13N3O2. The van der Waals surface area contributed by atoms with Crippen LogP contribution in [0.2, 0.25) is 0 Å². The smallest absolute Gasteiger partial charge is 0.321 e. The van der Waals surface area contributed by atoms with Crippen molar-refractivity contribution in [3.05, 3.63) is 71.9 Å². The number of aromatic nitrogens is 2. The van der Waals surface area contributed by atoms with Gasteiger partial charge >= 0.3 is 5.88 Å². The number of benzene rings is 2. The monoisotopic (exact) mass is 279 g/mol. The molecule has 0 atom stereocenters. The van der Waals surface area contributed by atoms with E-state index in [0.717, 1.165) is 11.3 Å². The molecule has 0 saturated carbocycles. The molecule has 0 spiro atoms. The molecule has 104 valence electrons. The van der Waals surface area contributed by atoms with Crippen molar-refractivity contribution in [1.29, 1.82) is 0 Å². The minimum absolute atomic E-state index is 0.171. The van der Waals surface area contributed by atoms with Gasteiger partial charge in [0.25, 0.3) is 6.20 Å². The predicted octanol–water partition coefficient (Wildman–Crippen LogP) is 1.70. The third-order valence-corrected chi connectivity index (χ3v) is 2.99. The maximum absolute atomic E-state index is 11.9. The van der Waals surface area contributed by atoms with E-state index in [1.807, 2.05) is 37.3 Å². The van der Waals surface area contributed by atoms with Gasteiger partial charge in [0.05, 0.1) is 0 Å². The van der Waals surface area contributed by atoms with Gasteiger partial charge in [-0.1, -0.05) is 48.0 Å². The molecule has 1 aromatic heterocycles. The van der Waals surface area contributed by atoms with Crippen molar-refractivity contribution >= 4 is 11.8 Å². The number of hydrogen-bond acceptors (Lipinski definition) is 4. The van der Waals surface area contributed by atoms with E-state index >= 15 is 0 Å². The Morgan fingerprint density at radius 2 is 1.81 bits per heavy atom. The zero-order chi connectivity index (χ0) is 14.7. The Morgan fingerprint density at radius 1 is 1.10 bits per heavy atom. The highest BCUT2D eigenvalue weighted by Crippen LogP contribution is 2.10. The van der Waals surface area contributed by atoms with Crippen molar-refractivity contribution in [2.45, 2.75) is 6.92 Å². The standard InChI is InChI=1S/C16H13N3O2/c1-12-7-9-14(10-8-12)19-11-15(21-18-19)17-16(20)13-5-3-2-4-6-13/h2-11H,1H3. The first-order chi connectivity index (χ1) is 10.2. The van der Waals surface area contributed by atoms with Crippen LogP contribution in [0.25, 0.3) is 5.69 Å². The van der Waals surface area contributed by atoms with E-state index in [1.165, 1.54) is 4.68 Å². The number of hydrogen-bond donors (Lipinski definition) is 0. The SMILES string of the molecule is Cc1ccc(-[n+]2cc(/N=C(\[O-])c3ccccc3)on2)cc1. The average Bonchev–Trinajstić information content (AvgIpc) is 2.97. The molecule has 0 aliphatic rings. The van der Waals surface area contributed by atoms with Crippen LogP contribution in [0.5, 0.6) is 0 Å². The highest BCUT2D eigenvalue weighted by Gasteiger charge is 2.13. The summed E-state index contributed by atoms with van der Waals surface area (Å²) in [5.74, 6) is -0.188. The largest absolute Gasteiger partial charge is 0.858 e. The van der Waals surface area contributed by atoms with Crippen molar-refractivity contribution in [3.63, 3.8) is 0 Å². The second-order valence-corrected chi connectivity index (χ2v) is 4.60. The zero-order valence-corrected chi connectivity index (χ0v) is 11.4. The number of rotatable bonds is 3. The fraction of sp³-hybridized carbons (Fsp3) is 0.0625. The maximum atomic E-state index is 11.9. The summed E-state index contributed by atoms with van der Waals surface area (Å²) in [6, 6.07) is 16.6. The van der Waals surface area contributed by atoms with Gasteiger partial charge in [-0.25, -0.2) is 4.99 Å². The van der Waals surface area contributed by atoms with Crippen molar-refractivity contribution in [2.24, 2.45) is 4.99 Å². The molecule has 3 aromatic rings. The fourth-order valence-corrected chi connectivity index (χ4v) is 1.85. The van der Waals surface area contributed by atoms with E-state index < -0.39 is 0 Å². The molecule has 0 amide bonds. The molecule has 3 rings (SSSR count). The van der Waals surface area contributed by atoms with Gasteiger partial charge in [-0.2, -0.15) is 0 Å². The van der Waals surface area contributed by atoms with Crippen LogP contribution in [0.1, 0.15) is 11.1 Å². The van der Waals surface area contributed by atoms with Gasteiger partial charge in [0.1, 0.15) is 0 Å². The first kappa shape index (κ1) is 13.1. The van der Waals surface area contributed by atoms with Crippen LogP contribution in [0, 0.1) is 6.92 Å². The van der Waals surface area contributed by atoms with Gasteiger partial charge in [-0.3, -0.25) is 4.52 Å². The summed E-state index contributed by atoms with van der Waals surface area (Å²) < 4.78 is 6.61. The molecule has 0 aliphatic heterocycles. The van der Waals surface area contributed by atoms with Crippen LogP contribution in [-0.2, 0) is 0 Å². The van der Waals surface area contributed by atoms with Crippen LogP contribution in [0.4, 0.5) is 5.88 Å². The molecule has 21 heavy (non-hydrogen) atoms. The van der Waals surface area contributed by atoms with Crippen molar-refractivity contribution < 1.29 is 14.3 Å². The van der Waals surface area contributed by atoms with Crippen LogP contribution in [0.3, 0.4) is 0 Å². The molecule has 0 unspecified atom stereocenters. The molecule has 2 aromatic carbocycles. The zero-order valence-electron chi connectivity index (χ0n) is 11.4. The topological polar surface area (TPSA) is 65.3 Å². The molecule has 1 heterocycles. The molecule has 5 nitrogen and oxygen atoms in total. The van der Waals surface area contributed by atoms with Gasteiger partial charge < -0.3 is 5.11 Å². The Kier molecular flexibility index (Phi) is 3.47. The average molecular weight is 279 g/mol. The third kappa shape index (κ3) is 2.97. The Hall–Kier alpha value is -2.95. The molecule has 0 radical (unpaired) electrons. The summed E-state index contributed by atoms with van der Waals surface area (Å²) in [4.78, 5) is 3.90. The lowest BCUT2D eigenvalue weighted by Gasteiger charge is -2.07. The van der Waals surface area contributed by atoms with Gasteiger partial charge in [0.15, 0.2) is 0 Å². The minimum atomic E-state index is -0.359. The highest BCUT2D eigenvalue weighted by atomic mass is 16.5. The lowest BCUT2D eigenvalue weighted by atomic mass is 10.2. The Morgan fingerprint density at radius 3 is 2.52 bits per heavy atom.